The summed E-state index contributed by atoms with van der Waals surface area (Å²) in [5.74, 6) is -0.0109. The van der Waals surface area contributed by atoms with Gasteiger partial charge in [0, 0.05) is 3.57 Å². The fraction of sp³-hybridized carbons (Fsp3) is 0.0870. The summed E-state index contributed by atoms with van der Waals surface area (Å²) in [6.45, 7) is 0.305. The predicted molar refractivity (Wildman–Crippen MR) is 124 cm³/mol. The zero-order valence-electron chi connectivity index (χ0n) is 16.0. The lowest BCUT2D eigenvalue weighted by molar-refractivity contribution is -0.120. The summed E-state index contributed by atoms with van der Waals surface area (Å²) in [6, 6.07) is 24.4. The number of carbonyl (C=O) groups excluding carboxylic acids is 2. The Balaban J connectivity index is 1.46. The third kappa shape index (κ3) is 6.70. The Labute approximate surface area is 188 Å². The van der Waals surface area contributed by atoms with Gasteiger partial charge >= 0.3 is 0 Å². The summed E-state index contributed by atoms with van der Waals surface area (Å²) in [6.07, 6.45) is 1.52. The molecule has 0 atom stereocenters. The summed E-state index contributed by atoms with van der Waals surface area (Å²) >= 11 is 2.08. The van der Waals surface area contributed by atoms with Gasteiger partial charge in [-0.1, -0.05) is 54.6 Å². The minimum Gasteiger partial charge on any atom is -0.489 e. The van der Waals surface area contributed by atoms with E-state index in [4.69, 9.17) is 4.74 Å². The van der Waals surface area contributed by atoms with Crippen molar-refractivity contribution in [3.05, 3.63) is 99.1 Å². The van der Waals surface area contributed by atoms with Crippen LogP contribution in [0.25, 0.3) is 0 Å². The van der Waals surface area contributed by atoms with E-state index in [0.717, 1.165) is 14.7 Å². The average molecular weight is 513 g/mol. The Hall–Kier alpha value is -3.20. The molecule has 3 rings (SSSR count). The van der Waals surface area contributed by atoms with Gasteiger partial charge in [-0.25, -0.2) is 5.43 Å². The van der Waals surface area contributed by atoms with Crippen LogP contribution < -0.4 is 15.5 Å². The lowest BCUT2D eigenvalue weighted by Crippen LogP contribution is -2.35. The molecule has 6 nitrogen and oxygen atoms in total. The maximum atomic E-state index is 12.1. The van der Waals surface area contributed by atoms with Gasteiger partial charge in [0.1, 0.15) is 12.4 Å². The lowest BCUT2D eigenvalue weighted by atomic mass is 10.2. The number of carbonyl (C=O) groups is 2. The summed E-state index contributed by atoms with van der Waals surface area (Å²) in [7, 11) is 0. The topological polar surface area (TPSA) is 79.8 Å². The molecular formula is C23H20IN3O3. The molecule has 2 N–H and O–H groups in total. The van der Waals surface area contributed by atoms with Crippen LogP contribution in [0.3, 0.4) is 0 Å². The van der Waals surface area contributed by atoms with Gasteiger partial charge in [0.15, 0.2) is 0 Å². The minimum atomic E-state index is -0.415. The number of nitrogens with one attached hydrogen (secondary N) is 2. The highest BCUT2D eigenvalue weighted by Crippen LogP contribution is 2.14. The van der Waals surface area contributed by atoms with Crippen molar-refractivity contribution in [2.75, 3.05) is 6.54 Å². The third-order valence-electron chi connectivity index (χ3n) is 4.04. The van der Waals surface area contributed by atoms with E-state index in [9.17, 15) is 9.59 Å². The zero-order chi connectivity index (χ0) is 21.2. The van der Waals surface area contributed by atoms with Gasteiger partial charge in [0.25, 0.3) is 11.8 Å². The number of benzene rings is 3. The Morgan fingerprint density at radius 3 is 2.53 bits per heavy atom. The first kappa shape index (κ1) is 21.5. The van der Waals surface area contributed by atoms with E-state index in [-0.39, 0.29) is 12.5 Å². The van der Waals surface area contributed by atoms with E-state index in [1.54, 1.807) is 12.1 Å². The second-order valence-electron chi connectivity index (χ2n) is 6.30. The molecule has 0 saturated heterocycles. The molecule has 3 aromatic carbocycles. The number of rotatable bonds is 8. The molecule has 2 amide bonds. The van der Waals surface area contributed by atoms with E-state index >= 15 is 0 Å². The molecule has 0 radical (unpaired) electrons. The van der Waals surface area contributed by atoms with E-state index < -0.39 is 5.91 Å². The Morgan fingerprint density at radius 2 is 1.73 bits per heavy atom. The second kappa shape index (κ2) is 11.1. The van der Waals surface area contributed by atoms with Crippen LogP contribution in [0.2, 0.25) is 0 Å². The molecule has 0 spiro atoms. The molecule has 0 aromatic heterocycles. The number of nitrogens with zero attached hydrogens (tertiary/aromatic N) is 1. The molecule has 0 aliphatic heterocycles. The van der Waals surface area contributed by atoms with Crippen LogP contribution in [-0.2, 0) is 11.4 Å². The van der Waals surface area contributed by atoms with E-state index in [1.807, 2.05) is 66.7 Å². The summed E-state index contributed by atoms with van der Waals surface area (Å²) in [4.78, 5) is 24.0. The van der Waals surface area contributed by atoms with Crippen LogP contribution in [0, 0.1) is 3.57 Å². The van der Waals surface area contributed by atoms with Gasteiger partial charge in [-0.05, 0) is 58.0 Å². The molecule has 0 aliphatic rings. The van der Waals surface area contributed by atoms with Crippen LogP contribution in [-0.4, -0.2) is 24.6 Å². The van der Waals surface area contributed by atoms with Crippen LogP contribution in [0.1, 0.15) is 21.5 Å². The van der Waals surface area contributed by atoms with Crippen molar-refractivity contribution < 1.29 is 14.3 Å². The van der Waals surface area contributed by atoms with Crippen molar-refractivity contribution >= 4 is 40.6 Å². The monoisotopic (exact) mass is 513 g/mol. The van der Waals surface area contributed by atoms with Gasteiger partial charge in [0.05, 0.1) is 18.3 Å². The summed E-state index contributed by atoms with van der Waals surface area (Å²) in [5.41, 5.74) is 4.79. The molecule has 30 heavy (non-hydrogen) atoms. The minimum absolute atomic E-state index is 0.165. The van der Waals surface area contributed by atoms with E-state index in [0.29, 0.717) is 17.9 Å². The quantitative estimate of drug-likeness (QED) is 0.274. The van der Waals surface area contributed by atoms with Gasteiger partial charge in [-0.2, -0.15) is 5.10 Å². The molecule has 7 heteroatoms. The first-order valence-electron chi connectivity index (χ1n) is 9.23. The molecule has 3 aromatic rings. The molecular weight excluding hydrogens is 493 g/mol. The SMILES string of the molecule is O=C(CNC(=O)c1ccccc1I)NN=Cc1cccc(OCc2ccccc2)c1. The highest BCUT2D eigenvalue weighted by Gasteiger charge is 2.10. The van der Waals surface area contributed by atoms with Crippen LogP contribution >= 0.6 is 22.6 Å². The van der Waals surface area contributed by atoms with Crippen molar-refractivity contribution in [3.8, 4) is 5.75 Å². The second-order valence-corrected chi connectivity index (χ2v) is 7.46. The van der Waals surface area contributed by atoms with Gasteiger partial charge in [-0.3, -0.25) is 9.59 Å². The molecule has 0 fully saturated rings. The Kier molecular flexibility index (Phi) is 7.96. The molecule has 0 aliphatic carbocycles. The molecule has 0 saturated carbocycles. The number of hydrogen-bond donors (Lipinski definition) is 2. The standard InChI is InChI=1S/C23H20IN3O3/c24-21-12-5-4-11-20(21)23(29)25-15-22(28)27-26-14-18-9-6-10-19(13-18)30-16-17-7-2-1-3-8-17/h1-14H,15-16H2,(H,25,29)(H,27,28). The van der Waals surface area contributed by atoms with Gasteiger partial charge in [-0.15, -0.1) is 0 Å². The zero-order valence-corrected chi connectivity index (χ0v) is 18.2. The smallest absolute Gasteiger partial charge is 0.259 e. The van der Waals surface area contributed by atoms with Crippen molar-refractivity contribution in [2.45, 2.75) is 6.61 Å². The Morgan fingerprint density at radius 1 is 0.967 bits per heavy atom. The van der Waals surface area contributed by atoms with Crippen molar-refractivity contribution in [3.63, 3.8) is 0 Å². The number of hydrazone groups is 1. The Bertz CT molecular complexity index is 1040. The number of ether oxygens (including phenoxy) is 1. The molecule has 0 bridgehead atoms. The highest BCUT2D eigenvalue weighted by molar-refractivity contribution is 14.1. The predicted octanol–water partition coefficient (Wildman–Crippen LogP) is 3.75. The van der Waals surface area contributed by atoms with Gasteiger partial charge < -0.3 is 10.1 Å². The largest absolute Gasteiger partial charge is 0.489 e. The van der Waals surface area contributed by atoms with Crippen LogP contribution in [0.15, 0.2) is 84.0 Å². The number of amides is 2. The maximum absolute atomic E-state index is 12.1. The number of halogens is 1. The third-order valence-corrected chi connectivity index (χ3v) is 4.98. The summed E-state index contributed by atoms with van der Waals surface area (Å²) in [5, 5.41) is 6.52. The number of hydrogen-bond acceptors (Lipinski definition) is 4. The molecule has 152 valence electrons. The van der Waals surface area contributed by atoms with Crippen molar-refractivity contribution in [2.24, 2.45) is 5.10 Å². The van der Waals surface area contributed by atoms with E-state index in [1.165, 1.54) is 6.21 Å². The average Bonchev–Trinajstić information content (AvgIpc) is 2.77. The fourth-order valence-corrected chi connectivity index (χ4v) is 3.18. The molecule has 0 heterocycles. The highest BCUT2D eigenvalue weighted by atomic mass is 127. The van der Waals surface area contributed by atoms with Crippen LogP contribution in [0.5, 0.6) is 5.75 Å². The summed E-state index contributed by atoms with van der Waals surface area (Å²) < 4.78 is 6.60. The van der Waals surface area contributed by atoms with Crippen LogP contribution in [0.4, 0.5) is 0 Å². The maximum Gasteiger partial charge on any atom is 0.259 e. The first-order valence-corrected chi connectivity index (χ1v) is 10.3. The first-order chi connectivity index (χ1) is 14.6. The lowest BCUT2D eigenvalue weighted by Gasteiger charge is -2.07. The fourth-order valence-electron chi connectivity index (χ4n) is 2.55. The molecule has 0 unspecified atom stereocenters. The van der Waals surface area contributed by atoms with Crippen molar-refractivity contribution in [1.29, 1.82) is 0 Å². The van der Waals surface area contributed by atoms with E-state index in [2.05, 4.69) is 38.4 Å². The van der Waals surface area contributed by atoms with Crippen molar-refractivity contribution in [1.82, 2.24) is 10.7 Å². The normalized spacial score (nSPS) is 10.6. The van der Waals surface area contributed by atoms with Gasteiger partial charge in [0.2, 0.25) is 0 Å².